The highest BCUT2D eigenvalue weighted by Crippen LogP contribution is 2.26. The molecule has 6 nitrogen and oxygen atoms in total. The average Bonchev–Trinajstić information content (AvgIpc) is 2.70. The molecular formula is C21H26N2O4. The van der Waals surface area contributed by atoms with Crippen molar-refractivity contribution >= 4 is 11.7 Å². The van der Waals surface area contributed by atoms with Gasteiger partial charge in [-0.05, 0) is 35.7 Å². The van der Waals surface area contributed by atoms with Gasteiger partial charge in [0.2, 0.25) is 0 Å². The fourth-order valence-electron chi connectivity index (χ4n) is 3.01. The van der Waals surface area contributed by atoms with Gasteiger partial charge in [-0.25, -0.2) is 4.79 Å². The van der Waals surface area contributed by atoms with Gasteiger partial charge in [0.1, 0.15) is 5.75 Å². The Morgan fingerprint density at radius 1 is 1.19 bits per heavy atom. The molecule has 27 heavy (non-hydrogen) atoms. The van der Waals surface area contributed by atoms with Crippen LogP contribution in [0.1, 0.15) is 11.1 Å². The van der Waals surface area contributed by atoms with E-state index in [1.807, 2.05) is 42.5 Å². The molecule has 6 heteroatoms. The molecule has 3 rings (SSSR count). The molecule has 0 spiro atoms. The van der Waals surface area contributed by atoms with E-state index >= 15 is 0 Å². The van der Waals surface area contributed by atoms with Gasteiger partial charge in [-0.15, -0.1) is 0 Å². The molecule has 2 amide bonds. The summed E-state index contributed by atoms with van der Waals surface area (Å²) in [5, 5.41) is 5.80. The molecule has 0 saturated heterocycles. The van der Waals surface area contributed by atoms with Crippen molar-refractivity contribution in [3.05, 3.63) is 59.7 Å². The predicted octanol–water partition coefficient (Wildman–Crippen LogP) is 3.22. The topological polar surface area (TPSA) is 68.8 Å². The van der Waals surface area contributed by atoms with E-state index in [-0.39, 0.29) is 11.9 Å². The van der Waals surface area contributed by atoms with Gasteiger partial charge in [-0.1, -0.05) is 30.3 Å². The molecule has 0 radical (unpaired) electrons. The van der Waals surface area contributed by atoms with Gasteiger partial charge in [0.05, 0.1) is 26.4 Å². The molecule has 0 aromatic heterocycles. The molecule has 0 unspecified atom stereocenters. The summed E-state index contributed by atoms with van der Waals surface area (Å²) < 4.78 is 16.2. The molecule has 0 saturated carbocycles. The maximum atomic E-state index is 12.2. The first kappa shape index (κ1) is 19.2. The smallest absolute Gasteiger partial charge is 0.319 e. The first-order valence-corrected chi connectivity index (χ1v) is 9.16. The maximum absolute atomic E-state index is 12.2. The standard InChI is InChI=1S/C21H26N2O4/c1-25-9-10-26-14-16-5-4-7-19(12-16)23-21(24)22-13-17-11-18-6-2-3-8-20(18)27-15-17/h2-8,12,17H,9-11,13-15H2,1H3,(H2,22,23,24)/t17-/m0/s1. The van der Waals surface area contributed by atoms with Crippen LogP contribution in [0.5, 0.6) is 5.75 Å². The number of hydrogen-bond donors (Lipinski definition) is 2. The summed E-state index contributed by atoms with van der Waals surface area (Å²) in [7, 11) is 1.64. The number of nitrogens with one attached hydrogen (secondary N) is 2. The Balaban J connectivity index is 1.43. The lowest BCUT2D eigenvalue weighted by Gasteiger charge is -2.25. The zero-order valence-electron chi connectivity index (χ0n) is 15.6. The number of ether oxygens (including phenoxy) is 3. The van der Waals surface area contributed by atoms with Crippen molar-refractivity contribution in [2.24, 2.45) is 5.92 Å². The van der Waals surface area contributed by atoms with E-state index < -0.39 is 0 Å². The highest BCUT2D eigenvalue weighted by molar-refractivity contribution is 5.89. The second-order valence-electron chi connectivity index (χ2n) is 6.57. The largest absolute Gasteiger partial charge is 0.493 e. The van der Waals surface area contributed by atoms with Crippen molar-refractivity contribution < 1.29 is 19.0 Å². The second kappa shape index (κ2) is 9.94. The number of para-hydroxylation sites is 1. The summed E-state index contributed by atoms with van der Waals surface area (Å²) in [6.45, 7) is 2.78. The average molecular weight is 370 g/mol. The van der Waals surface area contributed by atoms with Crippen LogP contribution in [0.25, 0.3) is 0 Å². The zero-order chi connectivity index (χ0) is 18.9. The van der Waals surface area contributed by atoms with Crippen LogP contribution in [-0.2, 0) is 22.5 Å². The summed E-state index contributed by atoms with van der Waals surface area (Å²) in [4.78, 5) is 12.2. The highest BCUT2D eigenvalue weighted by atomic mass is 16.5. The van der Waals surface area contributed by atoms with Crippen molar-refractivity contribution in [1.29, 1.82) is 0 Å². The Labute approximate surface area is 159 Å². The van der Waals surface area contributed by atoms with Crippen LogP contribution in [0, 0.1) is 5.92 Å². The minimum atomic E-state index is -0.216. The molecule has 0 aliphatic carbocycles. The molecule has 2 aromatic carbocycles. The molecular weight excluding hydrogens is 344 g/mol. The number of carbonyl (C=O) groups is 1. The van der Waals surface area contributed by atoms with E-state index in [1.54, 1.807) is 7.11 Å². The van der Waals surface area contributed by atoms with Gasteiger partial charge in [0, 0.05) is 25.3 Å². The van der Waals surface area contributed by atoms with Gasteiger partial charge in [0.15, 0.2) is 0 Å². The van der Waals surface area contributed by atoms with Crippen molar-refractivity contribution in [1.82, 2.24) is 5.32 Å². The van der Waals surface area contributed by atoms with Crippen molar-refractivity contribution in [3.8, 4) is 5.75 Å². The van der Waals surface area contributed by atoms with Crippen LogP contribution in [0.3, 0.4) is 0 Å². The third-order valence-corrected chi connectivity index (χ3v) is 4.39. The SMILES string of the molecule is COCCOCc1cccc(NC(=O)NC[C@H]2COc3ccccc3C2)c1. The van der Waals surface area contributed by atoms with Crippen LogP contribution >= 0.6 is 0 Å². The number of urea groups is 1. The Bertz CT molecular complexity index is 750. The van der Waals surface area contributed by atoms with Gasteiger partial charge in [0.25, 0.3) is 0 Å². The van der Waals surface area contributed by atoms with Crippen LogP contribution in [-0.4, -0.2) is 39.5 Å². The number of anilines is 1. The lowest BCUT2D eigenvalue weighted by Crippen LogP contribution is -2.37. The maximum Gasteiger partial charge on any atom is 0.319 e. The Kier molecular flexibility index (Phi) is 7.07. The number of fused-ring (bicyclic) bond motifs is 1. The molecule has 2 aromatic rings. The minimum Gasteiger partial charge on any atom is -0.493 e. The summed E-state index contributed by atoms with van der Waals surface area (Å²) >= 11 is 0. The molecule has 2 N–H and O–H groups in total. The normalized spacial score (nSPS) is 15.5. The molecule has 144 valence electrons. The van der Waals surface area contributed by atoms with E-state index in [0.717, 1.165) is 23.4 Å². The Morgan fingerprint density at radius 3 is 2.96 bits per heavy atom. The quantitative estimate of drug-likeness (QED) is 0.700. The molecule has 1 aliphatic heterocycles. The number of methoxy groups -OCH3 is 1. The summed E-state index contributed by atoms with van der Waals surface area (Å²) in [5.74, 6) is 1.22. The molecule has 1 aliphatic rings. The number of carbonyl (C=O) groups excluding carboxylic acids is 1. The van der Waals surface area contributed by atoms with Crippen molar-refractivity contribution in [3.63, 3.8) is 0 Å². The highest BCUT2D eigenvalue weighted by Gasteiger charge is 2.19. The van der Waals surface area contributed by atoms with Crippen molar-refractivity contribution in [2.75, 3.05) is 38.8 Å². The number of hydrogen-bond acceptors (Lipinski definition) is 4. The zero-order valence-corrected chi connectivity index (χ0v) is 15.6. The van der Waals surface area contributed by atoms with E-state index in [1.165, 1.54) is 5.56 Å². The monoisotopic (exact) mass is 370 g/mol. The predicted molar refractivity (Wildman–Crippen MR) is 104 cm³/mol. The molecule has 1 heterocycles. The van der Waals surface area contributed by atoms with Crippen LogP contribution in [0.4, 0.5) is 10.5 Å². The Morgan fingerprint density at radius 2 is 2.07 bits per heavy atom. The first-order valence-electron chi connectivity index (χ1n) is 9.16. The summed E-state index contributed by atoms with van der Waals surface area (Å²) in [6, 6.07) is 15.5. The lowest BCUT2D eigenvalue weighted by atomic mass is 9.97. The fraction of sp³-hybridized carbons (Fsp3) is 0.381. The number of rotatable bonds is 8. The van der Waals surface area contributed by atoms with E-state index in [2.05, 4.69) is 16.7 Å². The number of amides is 2. The summed E-state index contributed by atoms with van der Waals surface area (Å²) in [5.41, 5.74) is 2.93. The minimum absolute atomic E-state index is 0.216. The van der Waals surface area contributed by atoms with E-state index in [4.69, 9.17) is 14.2 Å². The second-order valence-corrected chi connectivity index (χ2v) is 6.57. The van der Waals surface area contributed by atoms with Gasteiger partial charge < -0.3 is 24.8 Å². The molecule has 1 atom stereocenters. The van der Waals surface area contributed by atoms with Crippen LogP contribution in [0.2, 0.25) is 0 Å². The molecule has 0 fully saturated rings. The number of benzene rings is 2. The van der Waals surface area contributed by atoms with E-state index in [9.17, 15) is 4.79 Å². The first-order chi connectivity index (χ1) is 13.2. The fourth-order valence-corrected chi connectivity index (χ4v) is 3.01. The van der Waals surface area contributed by atoms with Crippen LogP contribution < -0.4 is 15.4 Å². The van der Waals surface area contributed by atoms with Crippen LogP contribution in [0.15, 0.2) is 48.5 Å². The van der Waals surface area contributed by atoms with Gasteiger partial charge in [-0.3, -0.25) is 0 Å². The van der Waals surface area contributed by atoms with Crippen molar-refractivity contribution in [2.45, 2.75) is 13.0 Å². The summed E-state index contributed by atoms with van der Waals surface area (Å²) in [6.07, 6.45) is 0.907. The van der Waals surface area contributed by atoms with E-state index in [0.29, 0.717) is 33.0 Å². The Hall–Kier alpha value is -2.57. The van der Waals surface area contributed by atoms with Gasteiger partial charge >= 0.3 is 6.03 Å². The van der Waals surface area contributed by atoms with Gasteiger partial charge in [-0.2, -0.15) is 0 Å². The third kappa shape index (κ3) is 5.98. The lowest BCUT2D eigenvalue weighted by molar-refractivity contribution is 0.0617. The third-order valence-electron chi connectivity index (χ3n) is 4.39. The molecule has 0 bridgehead atoms.